The Labute approximate surface area is 128 Å². The van der Waals surface area contributed by atoms with Crippen molar-refractivity contribution in [2.45, 2.75) is 51.1 Å². The first kappa shape index (κ1) is 15.8. The summed E-state index contributed by atoms with van der Waals surface area (Å²) in [5.74, 6) is -0.932. The third-order valence-corrected chi connectivity index (χ3v) is 4.95. The summed E-state index contributed by atoms with van der Waals surface area (Å²) in [7, 11) is 1.67. The van der Waals surface area contributed by atoms with E-state index in [9.17, 15) is 14.7 Å². The zero-order valence-corrected chi connectivity index (χ0v) is 13.2. The Morgan fingerprint density at radius 3 is 2.62 bits per heavy atom. The van der Waals surface area contributed by atoms with Crippen LogP contribution in [0.4, 0.5) is 4.79 Å². The summed E-state index contributed by atoms with van der Waals surface area (Å²) < 4.78 is 0. The molecule has 1 aliphatic rings. The van der Waals surface area contributed by atoms with Gasteiger partial charge in [0.2, 0.25) is 0 Å². The van der Waals surface area contributed by atoms with Gasteiger partial charge in [0.1, 0.15) is 5.54 Å². The SMILES string of the molecule is Cc1ncsc1CN(C)C(=O)NC1(C(=O)O)CCCCC1. The minimum absolute atomic E-state index is 0.341. The van der Waals surface area contributed by atoms with Gasteiger partial charge in [-0.15, -0.1) is 11.3 Å². The smallest absolute Gasteiger partial charge is 0.329 e. The molecule has 0 aliphatic heterocycles. The van der Waals surface area contributed by atoms with E-state index in [1.54, 1.807) is 12.6 Å². The predicted molar refractivity (Wildman–Crippen MR) is 80.3 cm³/mol. The van der Waals surface area contributed by atoms with Crippen molar-refractivity contribution in [3.63, 3.8) is 0 Å². The van der Waals surface area contributed by atoms with Gasteiger partial charge in [0.05, 0.1) is 17.7 Å². The third kappa shape index (κ3) is 3.53. The molecular weight excluding hydrogens is 290 g/mol. The Hall–Kier alpha value is -1.63. The summed E-state index contributed by atoms with van der Waals surface area (Å²) in [5, 5.41) is 12.2. The van der Waals surface area contributed by atoms with Crippen LogP contribution in [0.2, 0.25) is 0 Å². The zero-order valence-electron chi connectivity index (χ0n) is 12.4. The number of aromatic nitrogens is 1. The first-order valence-corrected chi connectivity index (χ1v) is 7.98. The van der Waals surface area contributed by atoms with Crippen LogP contribution in [0.1, 0.15) is 42.7 Å². The number of carbonyl (C=O) groups excluding carboxylic acids is 1. The molecule has 1 aliphatic carbocycles. The van der Waals surface area contributed by atoms with Crippen molar-refractivity contribution < 1.29 is 14.7 Å². The van der Waals surface area contributed by atoms with Gasteiger partial charge in [0.25, 0.3) is 0 Å². The van der Waals surface area contributed by atoms with Crippen molar-refractivity contribution in [2.24, 2.45) is 0 Å². The van der Waals surface area contributed by atoms with Crippen LogP contribution >= 0.6 is 11.3 Å². The van der Waals surface area contributed by atoms with E-state index in [2.05, 4.69) is 10.3 Å². The Kier molecular flexibility index (Phi) is 4.82. The number of aliphatic carboxylic acids is 1. The maximum Gasteiger partial charge on any atom is 0.329 e. The van der Waals surface area contributed by atoms with E-state index in [-0.39, 0.29) is 6.03 Å². The minimum atomic E-state index is -1.10. The summed E-state index contributed by atoms with van der Waals surface area (Å²) in [4.78, 5) is 30.5. The highest BCUT2D eigenvalue weighted by atomic mass is 32.1. The van der Waals surface area contributed by atoms with E-state index in [1.165, 1.54) is 16.2 Å². The Morgan fingerprint density at radius 2 is 2.10 bits per heavy atom. The van der Waals surface area contributed by atoms with E-state index in [4.69, 9.17) is 0 Å². The molecule has 0 saturated heterocycles. The van der Waals surface area contributed by atoms with Crippen molar-refractivity contribution in [3.8, 4) is 0 Å². The summed E-state index contributed by atoms with van der Waals surface area (Å²) >= 11 is 1.50. The summed E-state index contributed by atoms with van der Waals surface area (Å²) in [6.07, 6.45) is 3.71. The van der Waals surface area contributed by atoms with E-state index in [0.29, 0.717) is 19.4 Å². The topological polar surface area (TPSA) is 82.5 Å². The number of urea groups is 1. The van der Waals surface area contributed by atoms with Gasteiger partial charge in [-0.3, -0.25) is 0 Å². The van der Waals surface area contributed by atoms with Gasteiger partial charge in [0, 0.05) is 11.9 Å². The Morgan fingerprint density at radius 1 is 1.43 bits per heavy atom. The number of nitrogens with zero attached hydrogens (tertiary/aromatic N) is 2. The van der Waals surface area contributed by atoms with Gasteiger partial charge >= 0.3 is 12.0 Å². The van der Waals surface area contributed by atoms with Crippen LogP contribution < -0.4 is 5.32 Å². The van der Waals surface area contributed by atoms with Crippen LogP contribution in [0.5, 0.6) is 0 Å². The number of thiazole rings is 1. The van der Waals surface area contributed by atoms with Crippen LogP contribution in [0.25, 0.3) is 0 Å². The van der Waals surface area contributed by atoms with Crippen molar-refractivity contribution in [1.29, 1.82) is 0 Å². The number of nitrogens with one attached hydrogen (secondary N) is 1. The molecule has 0 unspecified atom stereocenters. The molecule has 7 heteroatoms. The highest BCUT2D eigenvalue weighted by Gasteiger charge is 2.41. The fourth-order valence-corrected chi connectivity index (χ4v) is 3.44. The first-order valence-electron chi connectivity index (χ1n) is 7.10. The molecule has 1 aromatic rings. The van der Waals surface area contributed by atoms with Crippen molar-refractivity contribution in [3.05, 3.63) is 16.1 Å². The molecule has 1 aromatic heterocycles. The maximum atomic E-state index is 12.3. The van der Waals surface area contributed by atoms with Crippen molar-refractivity contribution in [1.82, 2.24) is 15.2 Å². The second-order valence-electron chi connectivity index (χ2n) is 5.60. The molecule has 21 heavy (non-hydrogen) atoms. The standard InChI is InChI=1S/C14H21N3O3S/c1-10-11(21-9-15-10)8-17(2)13(20)16-14(12(18)19)6-4-3-5-7-14/h9H,3-8H2,1-2H3,(H,16,20)(H,18,19). The lowest BCUT2D eigenvalue weighted by atomic mass is 9.82. The average molecular weight is 311 g/mol. The van der Waals surface area contributed by atoms with Gasteiger partial charge in [-0.1, -0.05) is 19.3 Å². The molecule has 2 amide bonds. The number of aryl methyl sites for hydroxylation is 1. The Bertz CT molecular complexity index is 523. The van der Waals surface area contributed by atoms with Crippen LogP contribution in [0.3, 0.4) is 0 Å². The number of carboxylic acids is 1. The van der Waals surface area contributed by atoms with Crippen molar-refractivity contribution in [2.75, 3.05) is 7.05 Å². The lowest BCUT2D eigenvalue weighted by molar-refractivity contribution is -0.145. The van der Waals surface area contributed by atoms with E-state index < -0.39 is 11.5 Å². The molecule has 0 bridgehead atoms. The van der Waals surface area contributed by atoms with Crippen LogP contribution in [0.15, 0.2) is 5.51 Å². The summed E-state index contributed by atoms with van der Waals surface area (Å²) in [5.41, 5.74) is 1.55. The average Bonchev–Trinajstić information content (AvgIpc) is 2.85. The van der Waals surface area contributed by atoms with Crippen LogP contribution in [-0.4, -0.2) is 39.6 Å². The molecule has 0 spiro atoms. The molecule has 0 atom stereocenters. The molecule has 1 fully saturated rings. The minimum Gasteiger partial charge on any atom is -0.480 e. The number of amides is 2. The molecule has 6 nitrogen and oxygen atoms in total. The number of hydrogen-bond acceptors (Lipinski definition) is 4. The van der Waals surface area contributed by atoms with Crippen LogP contribution in [-0.2, 0) is 11.3 Å². The number of carboxylic acid groups (broad SMARTS) is 1. The van der Waals surface area contributed by atoms with Gasteiger partial charge < -0.3 is 15.3 Å². The van der Waals surface area contributed by atoms with Crippen LogP contribution in [0, 0.1) is 6.92 Å². The normalized spacial score (nSPS) is 17.2. The summed E-state index contributed by atoms with van der Waals surface area (Å²) in [6, 6.07) is -0.341. The predicted octanol–water partition coefficient (Wildman–Crippen LogP) is 2.38. The van der Waals surface area contributed by atoms with Gasteiger partial charge in [0.15, 0.2) is 0 Å². The quantitative estimate of drug-likeness (QED) is 0.894. The number of rotatable bonds is 4. The zero-order chi connectivity index (χ0) is 15.5. The highest BCUT2D eigenvalue weighted by Crippen LogP contribution is 2.28. The number of carbonyl (C=O) groups is 2. The molecule has 2 N–H and O–H groups in total. The molecule has 0 aromatic carbocycles. The molecular formula is C14H21N3O3S. The monoisotopic (exact) mass is 311 g/mol. The van der Waals surface area contributed by atoms with E-state index >= 15 is 0 Å². The van der Waals surface area contributed by atoms with Gasteiger partial charge in [-0.25, -0.2) is 14.6 Å². The number of hydrogen-bond donors (Lipinski definition) is 2. The molecule has 0 radical (unpaired) electrons. The summed E-state index contributed by atoms with van der Waals surface area (Å²) in [6.45, 7) is 2.34. The van der Waals surface area contributed by atoms with Gasteiger partial charge in [-0.05, 0) is 19.8 Å². The fraction of sp³-hybridized carbons (Fsp3) is 0.643. The second kappa shape index (κ2) is 6.43. The van der Waals surface area contributed by atoms with Gasteiger partial charge in [-0.2, -0.15) is 0 Å². The molecule has 2 rings (SSSR count). The van der Waals surface area contributed by atoms with E-state index in [0.717, 1.165) is 29.8 Å². The first-order chi connectivity index (χ1) is 9.94. The maximum absolute atomic E-state index is 12.3. The molecule has 1 heterocycles. The third-order valence-electron chi connectivity index (χ3n) is 4.04. The Balaban J connectivity index is 2.01. The molecule has 1 saturated carbocycles. The fourth-order valence-electron chi connectivity index (χ4n) is 2.61. The lowest BCUT2D eigenvalue weighted by Gasteiger charge is -2.35. The molecule has 116 valence electrons. The second-order valence-corrected chi connectivity index (χ2v) is 6.53. The largest absolute Gasteiger partial charge is 0.480 e. The highest BCUT2D eigenvalue weighted by molar-refractivity contribution is 7.09. The lowest BCUT2D eigenvalue weighted by Crippen LogP contribution is -2.58. The van der Waals surface area contributed by atoms with E-state index in [1.807, 2.05) is 6.92 Å². The van der Waals surface area contributed by atoms with Crippen molar-refractivity contribution >= 4 is 23.3 Å².